The van der Waals surface area contributed by atoms with Crippen LogP contribution >= 0.6 is 0 Å². The Hall–Kier alpha value is -2.89. The van der Waals surface area contributed by atoms with Gasteiger partial charge in [0.05, 0.1) is 24.3 Å². The zero-order valence-electron chi connectivity index (χ0n) is 17.0. The monoisotopic (exact) mass is 428 g/mol. The Morgan fingerprint density at radius 3 is 2.73 bits per heavy atom. The van der Waals surface area contributed by atoms with Crippen molar-refractivity contribution in [3.63, 3.8) is 0 Å². The number of rotatable bonds is 6. The third-order valence-electron chi connectivity index (χ3n) is 5.15. The largest absolute Gasteiger partial charge is 0.495 e. The summed E-state index contributed by atoms with van der Waals surface area (Å²) < 4.78 is 38.6. The first-order valence-electron chi connectivity index (χ1n) is 9.73. The van der Waals surface area contributed by atoms with Crippen LogP contribution in [0.1, 0.15) is 47.7 Å². The Bertz CT molecular complexity index is 1080. The van der Waals surface area contributed by atoms with Gasteiger partial charge in [-0.05, 0) is 55.7 Å². The molecule has 0 bridgehead atoms. The predicted octanol–water partition coefficient (Wildman–Crippen LogP) is 3.49. The number of hydrogen-bond acceptors (Lipinski definition) is 6. The highest BCUT2D eigenvalue weighted by atomic mass is 32.2. The first-order chi connectivity index (χ1) is 14.4. The zero-order chi connectivity index (χ0) is 21.7. The van der Waals surface area contributed by atoms with Gasteiger partial charge in [-0.3, -0.25) is 0 Å². The molecule has 0 aliphatic carbocycles. The van der Waals surface area contributed by atoms with Crippen LogP contribution in [0.15, 0.2) is 47.4 Å². The molecule has 1 saturated heterocycles. The highest BCUT2D eigenvalue weighted by molar-refractivity contribution is 7.89. The Balaban J connectivity index is 1.84. The van der Waals surface area contributed by atoms with Gasteiger partial charge in [-0.25, -0.2) is 13.2 Å². The summed E-state index contributed by atoms with van der Waals surface area (Å²) in [5.41, 5.74) is 1.26. The van der Waals surface area contributed by atoms with Gasteiger partial charge in [0, 0.05) is 12.6 Å². The molecule has 1 unspecified atom stereocenters. The highest BCUT2D eigenvalue weighted by Gasteiger charge is 2.33. The number of hydrogen-bond donors (Lipinski definition) is 0. The smallest absolute Gasteiger partial charge is 0.338 e. The van der Waals surface area contributed by atoms with Crippen LogP contribution < -0.4 is 4.74 Å². The van der Waals surface area contributed by atoms with Crippen molar-refractivity contribution >= 4 is 16.0 Å². The Morgan fingerprint density at radius 1 is 1.23 bits per heavy atom. The Morgan fingerprint density at radius 2 is 2.03 bits per heavy atom. The van der Waals surface area contributed by atoms with Crippen molar-refractivity contribution in [1.29, 1.82) is 5.26 Å². The van der Waals surface area contributed by atoms with Gasteiger partial charge in [-0.2, -0.15) is 9.57 Å². The van der Waals surface area contributed by atoms with Crippen molar-refractivity contribution in [2.75, 3.05) is 13.7 Å². The second kappa shape index (κ2) is 9.28. The summed E-state index contributed by atoms with van der Waals surface area (Å²) in [4.78, 5) is 12.5. The lowest BCUT2D eigenvalue weighted by Gasteiger charge is -2.32. The van der Waals surface area contributed by atoms with Crippen molar-refractivity contribution in [3.8, 4) is 11.8 Å². The molecule has 0 radical (unpaired) electrons. The summed E-state index contributed by atoms with van der Waals surface area (Å²) in [5, 5.41) is 8.97. The molecule has 7 nitrogen and oxygen atoms in total. The van der Waals surface area contributed by atoms with E-state index in [1.807, 2.05) is 13.0 Å². The molecule has 1 aliphatic heterocycles. The second-order valence-corrected chi connectivity index (χ2v) is 9.07. The summed E-state index contributed by atoms with van der Waals surface area (Å²) in [6.45, 7) is 2.30. The molecule has 30 heavy (non-hydrogen) atoms. The third kappa shape index (κ3) is 4.64. The lowest BCUT2D eigenvalue weighted by molar-refractivity contribution is 0.0472. The van der Waals surface area contributed by atoms with Crippen LogP contribution in [0.5, 0.6) is 5.75 Å². The van der Waals surface area contributed by atoms with Gasteiger partial charge in [0.1, 0.15) is 17.3 Å². The quantitative estimate of drug-likeness (QED) is 0.654. The number of carbonyl (C=O) groups is 1. The third-order valence-corrected chi connectivity index (χ3v) is 7.19. The lowest BCUT2D eigenvalue weighted by Crippen LogP contribution is -2.42. The molecule has 2 aromatic rings. The summed E-state index contributed by atoms with van der Waals surface area (Å²) in [6, 6.07) is 12.9. The molecule has 0 amide bonds. The van der Waals surface area contributed by atoms with E-state index >= 15 is 0 Å². The van der Waals surface area contributed by atoms with E-state index < -0.39 is 16.0 Å². The van der Waals surface area contributed by atoms with Gasteiger partial charge in [0.25, 0.3) is 0 Å². The van der Waals surface area contributed by atoms with E-state index in [0.717, 1.165) is 19.3 Å². The molecule has 0 aromatic heterocycles. The van der Waals surface area contributed by atoms with E-state index in [-0.39, 0.29) is 28.9 Å². The first-order valence-corrected chi connectivity index (χ1v) is 11.2. The fourth-order valence-corrected chi connectivity index (χ4v) is 5.41. The number of benzene rings is 2. The number of nitrogens with zero attached hydrogens (tertiary/aromatic N) is 2. The molecule has 8 heteroatoms. The molecule has 1 atom stereocenters. The number of sulfonamides is 1. The van der Waals surface area contributed by atoms with E-state index in [9.17, 15) is 13.2 Å². The number of piperidine rings is 1. The molecule has 2 aromatic carbocycles. The van der Waals surface area contributed by atoms with Gasteiger partial charge in [0.2, 0.25) is 10.0 Å². The van der Waals surface area contributed by atoms with Gasteiger partial charge in [-0.15, -0.1) is 0 Å². The van der Waals surface area contributed by atoms with Crippen LogP contribution in [0.3, 0.4) is 0 Å². The second-order valence-electron chi connectivity index (χ2n) is 7.21. The van der Waals surface area contributed by atoms with Crippen molar-refractivity contribution < 1.29 is 22.7 Å². The summed E-state index contributed by atoms with van der Waals surface area (Å²) in [5.74, 6) is -0.464. The maximum absolute atomic E-state index is 13.3. The minimum absolute atomic E-state index is 0.0222. The average molecular weight is 429 g/mol. The normalized spacial score (nSPS) is 17.2. The SMILES string of the molecule is COc1ccc(C(=O)OCc2cccc(C#N)c2)cc1S(=O)(=O)N1CCCCC1C. The van der Waals surface area contributed by atoms with Crippen molar-refractivity contribution in [2.24, 2.45) is 0 Å². The van der Waals surface area contributed by atoms with Crippen LogP contribution in [0.2, 0.25) is 0 Å². The molecule has 0 saturated carbocycles. The minimum Gasteiger partial charge on any atom is -0.495 e. The molecule has 3 rings (SSSR count). The van der Waals surface area contributed by atoms with Gasteiger partial charge in [-0.1, -0.05) is 18.6 Å². The highest BCUT2D eigenvalue weighted by Crippen LogP contribution is 2.32. The lowest BCUT2D eigenvalue weighted by atomic mass is 10.1. The van der Waals surface area contributed by atoms with Gasteiger partial charge < -0.3 is 9.47 Å². The first kappa shape index (κ1) is 21.8. The number of nitriles is 1. The zero-order valence-corrected chi connectivity index (χ0v) is 17.8. The van der Waals surface area contributed by atoms with E-state index in [0.29, 0.717) is 17.7 Å². The molecule has 0 spiro atoms. The Kier molecular flexibility index (Phi) is 6.75. The van der Waals surface area contributed by atoms with Crippen LogP contribution in [-0.4, -0.2) is 38.4 Å². The molecule has 1 heterocycles. The summed E-state index contributed by atoms with van der Waals surface area (Å²) in [7, 11) is -2.42. The molecule has 0 N–H and O–H groups in total. The average Bonchev–Trinajstić information content (AvgIpc) is 2.77. The van der Waals surface area contributed by atoms with E-state index in [1.54, 1.807) is 24.3 Å². The molecule has 1 fully saturated rings. The maximum Gasteiger partial charge on any atom is 0.338 e. The van der Waals surface area contributed by atoms with E-state index in [4.69, 9.17) is 14.7 Å². The number of esters is 1. The van der Waals surface area contributed by atoms with Crippen LogP contribution in [-0.2, 0) is 21.4 Å². The molecular weight excluding hydrogens is 404 g/mol. The number of ether oxygens (including phenoxy) is 2. The number of carbonyl (C=O) groups excluding carboxylic acids is 1. The van der Waals surface area contributed by atoms with Gasteiger partial charge >= 0.3 is 5.97 Å². The minimum atomic E-state index is -3.82. The molecule has 1 aliphatic rings. The standard InChI is InChI=1S/C22H24N2O5S/c1-16-6-3-4-11-24(16)30(26,27)21-13-19(9-10-20(21)28-2)22(25)29-15-18-8-5-7-17(12-18)14-23/h5,7-10,12-13,16H,3-4,6,11,15H2,1-2H3. The van der Waals surface area contributed by atoms with Crippen molar-refractivity contribution in [3.05, 3.63) is 59.2 Å². The summed E-state index contributed by atoms with van der Waals surface area (Å²) in [6.07, 6.45) is 2.59. The van der Waals surface area contributed by atoms with Crippen LogP contribution in [0, 0.1) is 11.3 Å². The molecule has 158 valence electrons. The number of methoxy groups -OCH3 is 1. The van der Waals surface area contributed by atoms with Crippen LogP contribution in [0.25, 0.3) is 0 Å². The van der Waals surface area contributed by atoms with Crippen molar-refractivity contribution in [2.45, 2.75) is 43.7 Å². The fourth-order valence-electron chi connectivity index (χ4n) is 3.52. The Labute approximate surface area is 176 Å². The van der Waals surface area contributed by atoms with Gasteiger partial charge in [0.15, 0.2) is 0 Å². The van der Waals surface area contributed by atoms with Crippen LogP contribution in [0.4, 0.5) is 0 Å². The molecular formula is C22H24N2O5S. The predicted molar refractivity (Wildman–Crippen MR) is 110 cm³/mol. The van der Waals surface area contributed by atoms with E-state index in [1.165, 1.54) is 29.6 Å². The maximum atomic E-state index is 13.3. The van der Waals surface area contributed by atoms with E-state index in [2.05, 4.69) is 0 Å². The topological polar surface area (TPSA) is 96.7 Å². The van der Waals surface area contributed by atoms with Crippen molar-refractivity contribution in [1.82, 2.24) is 4.31 Å². The fraction of sp³-hybridized carbons (Fsp3) is 0.364. The summed E-state index contributed by atoms with van der Waals surface area (Å²) >= 11 is 0.